The van der Waals surface area contributed by atoms with Gasteiger partial charge in [-0.2, -0.15) is 0 Å². The molecule has 1 amide bonds. The molecule has 0 bridgehead atoms. The number of aromatic nitrogens is 2. The highest BCUT2D eigenvalue weighted by Gasteiger charge is 2.29. The van der Waals surface area contributed by atoms with Crippen LogP contribution >= 0.6 is 0 Å². The van der Waals surface area contributed by atoms with Crippen molar-refractivity contribution in [3.8, 4) is 0 Å². The monoisotopic (exact) mass is 336 g/mol. The molecule has 5 heteroatoms. The number of likely N-dealkylation sites (tertiary alicyclic amines) is 1. The summed E-state index contributed by atoms with van der Waals surface area (Å²) in [6, 6.07) is 10.6. The molecule has 5 nitrogen and oxygen atoms in total. The maximum Gasteiger partial charge on any atom is 0.237 e. The smallest absolute Gasteiger partial charge is 0.237 e. The average molecular weight is 336 g/mol. The van der Waals surface area contributed by atoms with Gasteiger partial charge in [-0.3, -0.25) is 9.69 Å². The predicted molar refractivity (Wildman–Crippen MR) is 95.9 cm³/mol. The van der Waals surface area contributed by atoms with Gasteiger partial charge < -0.3 is 4.90 Å². The number of hydrogen-bond acceptors (Lipinski definition) is 4. The third-order valence-corrected chi connectivity index (χ3v) is 5.28. The second-order valence-corrected chi connectivity index (χ2v) is 6.99. The van der Waals surface area contributed by atoms with Gasteiger partial charge in [0.25, 0.3) is 0 Å². The van der Waals surface area contributed by atoms with Gasteiger partial charge in [0.05, 0.1) is 18.8 Å². The van der Waals surface area contributed by atoms with Crippen LogP contribution in [0.25, 0.3) is 0 Å². The molecule has 2 aliphatic heterocycles. The number of nitrogens with zero attached hydrogens (tertiary/aromatic N) is 4. The number of rotatable bonds is 4. The van der Waals surface area contributed by atoms with E-state index < -0.39 is 0 Å². The minimum absolute atomic E-state index is 0.199. The maximum atomic E-state index is 12.7. The first-order valence-corrected chi connectivity index (χ1v) is 9.11. The minimum Gasteiger partial charge on any atom is -0.331 e. The normalized spacial score (nSPS) is 20.0. The van der Waals surface area contributed by atoms with Crippen LogP contribution in [-0.2, 0) is 24.3 Å². The molecule has 1 atom stereocenters. The van der Waals surface area contributed by atoms with E-state index in [1.54, 1.807) is 0 Å². The van der Waals surface area contributed by atoms with E-state index in [9.17, 15) is 4.79 Å². The van der Waals surface area contributed by atoms with Gasteiger partial charge in [0.15, 0.2) is 0 Å². The second kappa shape index (κ2) is 6.92. The van der Waals surface area contributed by atoms with Crippen LogP contribution in [0.2, 0.25) is 0 Å². The van der Waals surface area contributed by atoms with Crippen molar-refractivity contribution in [3.05, 3.63) is 59.2 Å². The zero-order valence-electron chi connectivity index (χ0n) is 14.7. The Hall–Kier alpha value is -2.27. The van der Waals surface area contributed by atoms with Crippen molar-refractivity contribution in [3.63, 3.8) is 0 Å². The summed E-state index contributed by atoms with van der Waals surface area (Å²) < 4.78 is 0. The molecule has 4 rings (SSSR count). The van der Waals surface area contributed by atoms with Crippen molar-refractivity contribution in [1.82, 2.24) is 19.8 Å². The number of benzene rings is 1. The summed E-state index contributed by atoms with van der Waals surface area (Å²) in [6.07, 6.45) is 3.84. The quantitative estimate of drug-likeness (QED) is 0.860. The van der Waals surface area contributed by atoms with Crippen LogP contribution in [0.5, 0.6) is 0 Å². The number of carbonyl (C=O) groups excluding carboxylic acids is 1. The molecule has 1 saturated heterocycles. The van der Waals surface area contributed by atoms with Crippen LogP contribution in [0.1, 0.15) is 41.9 Å². The average Bonchev–Trinajstić information content (AvgIpc) is 3.28. The molecule has 0 saturated carbocycles. The fourth-order valence-electron chi connectivity index (χ4n) is 3.81. The van der Waals surface area contributed by atoms with E-state index >= 15 is 0 Å². The number of hydrogen-bond donors (Lipinski definition) is 0. The number of fused-ring (bicyclic) bond motifs is 1. The minimum atomic E-state index is 0.199. The predicted octanol–water partition coefficient (Wildman–Crippen LogP) is 2.37. The van der Waals surface area contributed by atoms with E-state index in [2.05, 4.69) is 52.1 Å². The van der Waals surface area contributed by atoms with Gasteiger partial charge in [0.1, 0.15) is 5.82 Å². The van der Waals surface area contributed by atoms with Crippen LogP contribution in [-0.4, -0.2) is 45.3 Å². The Morgan fingerprint density at radius 1 is 1.24 bits per heavy atom. The molecule has 0 spiro atoms. The van der Waals surface area contributed by atoms with Crippen molar-refractivity contribution < 1.29 is 4.79 Å². The number of carbonyl (C=O) groups is 1. The molecule has 130 valence electrons. The first-order chi connectivity index (χ1) is 12.2. The lowest BCUT2D eigenvalue weighted by molar-refractivity contribution is -0.132. The van der Waals surface area contributed by atoms with Crippen molar-refractivity contribution >= 4 is 5.91 Å². The van der Waals surface area contributed by atoms with Crippen molar-refractivity contribution in [1.29, 1.82) is 0 Å². The van der Waals surface area contributed by atoms with Gasteiger partial charge in [0.2, 0.25) is 5.91 Å². The van der Waals surface area contributed by atoms with E-state index in [1.807, 2.05) is 11.1 Å². The molecule has 25 heavy (non-hydrogen) atoms. The molecule has 1 fully saturated rings. The molecule has 1 aromatic heterocycles. The Labute approximate surface area is 148 Å². The second-order valence-electron chi connectivity index (χ2n) is 6.99. The highest BCUT2D eigenvalue weighted by atomic mass is 16.2. The first kappa shape index (κ1) is 16.2. The summed E-state index contributed by atoms with van der Waals surface area (Å²) in [6.45, 7) is 5.79. The van der Waals surface area contributed by atoms with E-state index in [0.717, 1.165) is 43.0 Å². The van der Waals surface area contributed by atoms with Gasteiger partial charge in [-0.05, 0) is 24.4 Å². The Balaban J connectivity index is 1.34. The largest absolute Gasteiger partial charge is 0.331 e. The van der Waals surface area contributed by atoms with Crippen LogP contribution in [0.4, 0.5) is 0 Å². The lowest BCUT2D eigenvalue weighted by Gasteiger charge is -2.20. The SMILES string of the molecule is CCc1ncc2c(n1)CN(C(=O)CN1CCC(c3ccccc3)C1)C2. The van der Waals surface area contributed by atoms with Crippen LogP contribution < -0.4 is 0 Å². The summed E-state index contributed by atoms with van der Waals surface area (Å²) in [7, 11) is 0. The van der Waals surface area contributed by atoms with Gasteiger partial charge in [-0.1, -0.05) is 37.3 Å². The Morgan fingerprint density at radius 3 is 2.88 bits per heavy atom. The van der Waals surface area contributed by atoms with Crippen LogP contribution in [0.15, 0.2) is 36.5 Å². The fourth-order valence-corrected chi connectivity index (χ4v) is 3.81. The third-order valence-electron chi connectivity index (χ3n) is 5.28. The van der Waals surface area contributed by atoms with Crippen LogP contribution in [0, 0.1) is 0 Å². The van der Waals surface area contributed by atoms with Crippen molar-refractivity contribution in [2.75, 3.05) is 19.6 Å². The molecular formula is C20H24N4O. The third kappa shape index (κ3) is 3.42. The highest BCUT2D eigenvalue weighted by Crippen LogP contribution is 2.27. The highest BCUT2D eigenvalue weighted by molar-refractivity contribution is 5.79. The Morgan fingerprint density at radius 2 is 2.08 bits per heavy atom. The Bertz CT molecular complexity index is 762. The number of amides is 1. The topological polar surface area (TPSA) is 49.3 Å². The summed E-state index contributed by atoms with van der Waals surface area (Å²) >= 11 is 0. The Kier molecular flexibility index (Phi) is 4.49. The molecule has 1 unspecified atom stereocenters. The lowest BCUT2D eigenvalue weighted by Crippen LogP contribution is -2.36. The fraction of sp³-hybridized carbons (Fsp3) is 0.450. The van der Waals surface area contributed by atoms with E-state index in [-0.39, 0.29) is 5.91 Å². The van der Waals surface area contributed by atoms with Gasteiger partial charge in [-0.25, -0.2) is 9.97 Å². The molecule has 0 radical (unpaired) electrons. The molecule has 1 aromatic carbocycles. The van der Waals surface area contributed by atoms with Crippen LogP contribution in [0.3, 0.4) is 0 Å². The summed E-state index contributed by atoms with van der Waals surface area (Å²) in [5.74, 6) is 1.60. The van der Waals surface area contributed by atoms with E-state index in [4.69, 9.17) is 0 Å². The van der Waals surface area contributed by atoms with E-state index in [1.165, 1.54) is 5.56 Å². The summed E-state index contributed by atoms with van der Waals surface area (Å²) in [5, 5.41) is 0. The standard InChI is InChI=1S/C20H24N4O/c1-2-19-21-10-17-12-24(13-18(17)22-19)20(25)14-23-9-8-16(11-23)15-6-4-3-5-7-15/h3-7,10,16H,2,8-9,11-14H2,1H3. The van der Waals surface area contributed by atoms with Gasteiger partial charge in [0, 0.05) is 31.3 Å². The zero-order valence-corrected chi connectivity index (χ0v) is 14.7. The first-order valence-electron chi connectivity index (χ1n) is 9.11. The molecule has 0 N–H and O–H groups in total. The maximum absolute atomic E-state index is 12.7. The van der Waals surface area contributed by atoms with E-state index in [0.29, 0.717) is 25.6 Å². The van der Waals surface area contributed by atoms with Gasteiger partial charge in [-0.15, -0.1) is 0 Å². The molecule has 3 heterocycles. The zero-order chi connectivity index (χ0) is 17.2. The molecule has 2 aromatic rings. The summed E-state index contributed by atoms with van der Waals surface area (Å²) in [4.78, 5) is 25.8. The van der Waals surface area contributed by atoms with Crippen molar-refractivity contribution in [2.24, 2.45) is 0 Å². The van der Waals surface area contributed by atoms with Crippen molar-refractivity contribution in [2.45, 2.75) is 38.8 Å². The van der Waals surface area contributed by atoms with Gasteiger partial charge >= 0.3 is 0 Å². The molecular weight excluding hydrogens is 312 g/mol. The summed E-state index contributed by atoms with van der Waals surface area (Å²) in [5.41, 5.74) is 3.49. The molecule has 0 aliphatic carbocycles. The lowest BCUT2D eigenvalue weighted by atomic mass is 9.99. The molecule has 2 aliphatic rings. The number of aryl methyl sites for hydroxylation is 1.